The molecule has 1 aromatic rings. The normalized spacial score (nSPS) is 12.1. The number of hydrogen-bond donors (Lipinski definition) is 0. The van der Waals surface area contributed by atoms with E-state index in [0.717, 1.165) is 5.56 Å². The van der Waals surface area contributed by atoms with E-state index in [1.807, 2.05) is 30.3 Å². The number of benzene rings is 1. The Morgan fingerprint density at radius 3 is 2.27 bits per heavy atom. The van der Waals surface area contributed by atoms with Crippen LogP contribution in [0.25, 0.3) is 0 Å². The van der Waals surface area contributed by atoms with Crippen LogP contribution in [0.2, 0.25) is 0 Å². The van der Waals surface area contributed by atoms with Crippen LogP contribution in [-0.2, 0) is 6.42 Å². The fourth-order valence-corrected chi connectivity index (χ4v) is 1.41. The maximum Gasteiger partial charge on any atom is 0.492 e. The maximum absolute atomic E-state index is 12.1. The van der Waals surface area contributed by atoms with Crippen LogP contribution in [0.5, 0.6) is 0 Å². The average molecular weight is 216 g/mol. The Balaban J connectivity index is 2.32. The monoisotopic (exact) mass is 216 g/mol. The van der Waals surface area contributed by atoms with E-state index >= 15 is 0 Å². The molecule has 0 unspecified atom stereocenters. The van der Waals surface area contributed by atoms with Gasteiger partial charge in [0.1, 0.15) is 0 Å². The maximum atomic E-state index is 12.1. The van der Waals surface area contributed by atoms with Gasteiger partial charge < -0.3 is 17.8 Å². The van der Waals surface area contributed by atoms with Crippen molar-refractivity contribution in [3.05, 3.63) is 35.9 Å². The second kappa shape index (κ2) is 5.21. The zero-order valence-corrected chi connectivity index (χ0v) is 8.67. The second-order valence-electron chi connectivity index (χ2n) is 3.71. The van der Waals surface area contributed by atoms with Crippen molar-refractivity contribution in [3.8, 4) is 0 Å². The molecular weight excluding hydrogens is 202 g/mol. The van der Waals surface area contributed by atoms with Gasteiger partial charge in [0.2, 0.25) is 0 Å². The van der Waals surface area contributed by atoms with Crippen LogP contribution in [0, 0.1) is 0 Å². The predicted octanol–water partition coefficient (Wildman–Crippen LogP) is 2.55. The molecule has 0 heterocycles. The highest BCUT2D eigenvalue weighted by Gasteiger charge is 2.24. The van der Waals surface area contributed by atoms with Gasteiger partial charge in [0.25, 0.3) is 0 Å². The molecule has 0 N–H and O–H groups in total. The van der Waals surface area contributed by atoms with E-state index in [1.54, 1.807) is 0 Å². The smallest absolute Gasteiger partial charge is 0.448 e. The highest BCUT2D eigenvalue weighted by Crippen LogP contribution is 2.10. The molecule has 1 aromatic carbocycles. The molecule has 0 aromatic heterocycles. The van der Waals surface area contributed by atoms with Crippen molar-refractivity contribution in [3.63, 3.8) is 0 Å². The lowest BCUT2D eigenvalue weighted by atomic mass is 9.91. The summed E-state index contributed by atoms with van der Waals surface area (Å²) >= 11 is 0. The van der Waals surface area contributed by atoms with Crippen LogP contribution in [0.15, 0.2) is 30.3 Å². The third-order valence-electron chi connectivity index (χ3n) is 2.14. The van der Waals surface area contributed by atoms with Crippen LogP contribution in [-0.4, -0.2) is 31.9 Å². The van der Waals surface area contributed by atoms with Crippen LogP contribution in [0.4, 0.5) is 12.9 Å². The van der Waals surface area contributed by atoms with E-state index in [2.05, 4.69) is 0 Å². The molecular formula is C10H14BF3N-. The van der Waals surface area contributed by atoms with Crippen molar-refractivity contribution < 1.29 is 12.9 Å². The van der Waals surface area contributed by atoms with Gasteiger partial charge in [-0.25, -0.2) is 0 Å². The Morgan fingerprint density at radius 1 is 1.13 bits per heavy atom. The molecule has 0 spiro atoms. The highest BCUT2D eigenvalue weighted by molar-refractivity contribution is 6.58. The van der Waals surface area contributed by atoms with Gasteiger partial charge in [-0.1, -0.05) is 30.3 Å². The molecule has 0 aliphatic carbocycles. The van der Waals surface area contributed by atoms with E-state index in [1.165, 1.54) is 11.9 Å². The standard InChI is InChI=1S/C10H14BF3N/c1-15(9-11(12,13)14)8-7-10-5-3-2-4-6-10/h2-6H,7-9H2,1H3/q-1. The van der Waals surface area contributed by atoms with Gasteiger partial charge in [-0.2, -0.15) is 0 Å². The van der Waals surface area contributed by atoms with Crippen molar-refractivity contribution in [2.75, 3.05) is 20.0 Å². The van der Waals surface area contributed by atoms with Gasteiger partial charge in [0, 0.05) is 0 Å². The van der Waals surface area contributed by atoms with Gasteiger partial charge in [0.15, 0.2) is 0 Å². The van der Waals surface area contributed by atoms with Crippen molar-refractivity contribution in [1.29, 1.82) is 0 Å². The van der Waals surface area contributed by atoms with E-state index in [-0.39, 0.29) is 0 Å². The molecule has 0 bridgehead atoms. The summed E-state index contributed by atoms with van der Waals surface area (Å²) in [4.78, 5) is 1.31. The lowest BCUT2D eigenvalue weighted by molar-refractivity contribution is 0.331. The first kappa shape index (κ1) is 12.1. The Labute approximate surface area is 88.0 Å². The van der Waals surface area contributed by atoms with Crippen LogP contribution in [0.1, 0.15) is 5.56 Å². The lowest BCUT2D eigenvalue weighted by Crippen LogP contribution is -2.36. The number of likely N-dealkylation sites (N-methyl/N-ethyl adjacent to an activating group) is 1. The van der Waals surface area contributed by atoms with E-state index in [0.29, 0.717) is 13.0 Å². The first-order valence-electron chi connectivity index (χ1n) is 4.91. The SMILES string of the molecule is CN(CCc1ccccc1)C[B-](F)(F)F. The minimum Gasteiger partial charge on any atom is -0.448 e. The molecule has 0 saturated heterocycles. The minimum atomic E-state index is -4.70. The molecule has 1 rings (SSSR count). The molecule has 0 amide bonds. The third-order valence-corrected chi connectivity index (χ3v) is 2.14. The Kier molecular flexibility index (Phi) is 4.21. The van der Waals surface area contributed by atoms with E-state index in [9.17, 15) is 12.9 Å². The fourth-order valence-electron chi connectivity index (χ4n) is 1.41. The molecule has 1 nitrogen and oxygen atoms in total. The minimum absolute atomic E-state index is 0.436. The summed E-state index contributed by atoms with van der Waals surface area (Å²) in [5.41, 5.74) is 1.07. The molecule has 0 atom stereocenters. The van der Waals surface area contributed by atoms with Crippen LogP contribution >= 0.6 is 0 Å². The molecule has 0 saturated carbocycles. The van der Waals surface area contributed by atoms with Gasteiger partial charge >= 0.3 is 6.98 Å². The lowest BCUT2D eigenvalue weighted by Gasteiger charge is -2.23. The van der Waals surface area contributed by atoms with E-state index in [4.69, 9.17) is 0 Å². The number of hydrogen-bond acceptors (Lipinski definition) is 1. The van der Waals surface area contributed by atoms with Crippen molar-refractivity contribution in [2.24, 2.45) is 0 Å². The summed E-state index contributed by atoms with van der Waals surface area (Å²) in [6, 6.07) is 9.53. The first-order chi connectivity index (χ1) is 6.97. The topological polar surface area (TPSA) is 3.24 Å². The largest absolute Gasteiger partial charge is 0.492 e. The van der Waals surface area contributed by atoms with Gasteiger partial charge in [-0.3, -0.25) is 0 Å². The Bertz CT molecular complexity index is 286. The summed E-state index contributed by atoms with van der Waals surface area (Å²) in [5.74, 6) is 0. The molecule has 5 heteroatoms. The summed E-state index contributed by atoms with van der Waals surface area (Å²) in [5, 5.41) is 0. The third kappa shape index (κ3) is 5.47. The van der Waals surface area contributed by atoms with Crippen molar-refractivity contribution in [1.82, 2.24) is 4.90 Å². The quantitative estimate of drug-likeness (QED) is 0.683. The number of nitrogens with zero attached hydrogens (tertiary/aromatic N) is 1. The van der Waals surface area contributed by atoms with Crippen molar-refractivity contribution in [2.45, 2.75) is 6.42 Å². The summed E-state index contributed by atoms with van der Waals surface area (Å²) in [6.45, 7) is -4.27. The van der Waals surface area contributed by atoms with Crippen LogP contribution < -0.4 is 0 Å². The van der Waals surface area contributed by atoms with Gasteiger partial charge in [-0.15, -0.1) is 0 Å². The Morgan fingerprint density at radius 2 is 1.73 bits per heavy atom. The van der Waals surface area contributed by atoms with Gasteiger partial charge in [-0.05, 0) is 32.0 Å². The number of halogens is 3. The zero-order chi connectivity index (χ0) is 11.3. The fraction of sp³-hybridized carbons (Fsp3) is 0.400. The van der Waals surface area contributed by atoms with E-state index < -0.39 is 13.4 Å². The number of rotatable bonds is 5. The molecule has 0 radical (unpaired) electrons. The molecule has 0 aliphatic heterocycles. The molecule has 84 valence electrons. The second-order valence-corrected chi connectivity index (χ2v) is 3.71. The molecule has 15 heavy (non-hydrogen) atoms. The summed E-state index contributed by atoms with van der Waals surface area (Å²) < 4.78 is 36.2. The van der Waals surface area contributed by atoms with Crippen molar-refractivity contribution >= 4 is 6.98 Å². The molecule has 0 fully saturated rings. The summed E-state index contributed by atoms with van der Waals surface area (Å²) in [7, 11) is 1.50. The van der Waals surface area contributed by atoms with Gasteiger partial charge in [0.05, 0.1) is 0 Å². The molecule has 0 aliphatic rings. The average Bonchev–Trinajstić information content (AvgIpc) is 2.14. The van der Waals surface area contributed by atoms with Crippen LogP contribution in [0.3, 0.4) is 0 Å². The summed E-state index contributed by atoms with van der Waals surface area (Å²) in [6.07, 6.45) is -0.129. The highest BCUT2D eigenvalue weighted by atomic mass is 19.4. The Hall–Kier alpha value is -0.965. The predicted molar refractivity (Wildman–Crippen MR) is 56.7 cm³/mol. The zero-order valence-electron chi connectivity index (χ0n) is 8.67. The first-order valence-corrected chi connectivity index (χ1v) is 4.91.